The molecule has 1 unspecified atom stereocenters. The van der Waals surface area contributed by atoms with Gasteiger partial charge in [-0.05, 0) is 38.4 Å². The fourth-order valence-corrected chi connectivity index (χ4v) is 4.21. The highest BCUT2D eigenvalue weighted by molar-refractivity contribution is 7.89. The van der Waals surface area contributed by atoms with E-state index in [0.29, 0.717) is 17.7 Å². The zero-order valence-corrected chi connectivity index (χ0v) is 13.1. The van der Waals surface area contributed by atoms with Crippen molar-refractivity contribution in [3.05, 3.63) is 33.4 Å². The van der Waals surface area contributed by atoms with Crippen LogP contribution in [-0.2, 0) is 10.0 Å². The lowest BCUT2D eigenvalue weighted by molar-refractivity contribution is -0.385. The number of nitro groups is 1. The van der Waals surface area contributed by atoms with Crippen LogP contribution in [0.2, 0.25) is 0 Å². The minimum atomic E-state index is -3.74. The summed E-state index contributed by atoms with van der Waals surface area (Å²) < 4.78 is 26.7. The Morgan fingerprint density at radius 3 is 2.52 bits per heavy atom. The summed E-state index contributed by atoms with van der Waals surface area (Å²) in [5.41, 5.74) is 0.815. The van der Waals surface area contributed by atoms with E-state index >= 15 is 0 Å². The van der Waals surface area contributed by atoms with E-state index in [-0.39, 0.29) is 16.6 Å². The topological polar surface area (TPSA) is 92.6 Å². The van der Waals surface area contributed by atoms with Crippen molar-refractivity contribution in [1.82, 2.24) is 9.62 Å². The predicted octanol–water partition coefficient (Wildman–Crippen LogP) is 1.19. The first-order valence-corrected chi connectivity index (χ1v) is 8.13. The van der Waals surface area contributed by atoms with Crippen LogP contribution in [0.5, 0.6) is 0 Å². The zero-order chi connectivity index (χ0) is 15.8. The number of benzene rings is 1. The lowest BCUT2D eigenvalue weighted by Gasteiger charge is -2.24. The Hall–Kier alpha value is -1.51. The third kappa shape index (κ3) is 2.92. The lowest BCUT2D eigenvalue weighted by Crippen LogP contribution is -2.38. The van der Waals surface area contributed by atoms with Crippen LogP contribution in [0, 0.1) is 24.0 Å². The average molecular weight is 313 g/mol. The molecule has 1 saturated heterocycles. The highest BCUT2D eigenvalue weighted by Gasteiger charge is 2.32. The maximum absolute atomic E-state index is 12.7. The summed E-state index contributed by atoms with van der Waals surface area (Å²) in [4.78, 5) is 10.5. The molecular weight excluding hydrogens is 294 g/mol. The van der Waals surface area contributed by atoms with Gasteiger partial charge in [0.25, 0.3) is 5.69 Å². The second-order valence-corrected chi connectivity index (χ2v) is 7.30. The van der Waals surface area contributed by atoms with Crippen LogP contribution in [0.25, 0.3) is 0 Å². The molecule has 1 heterocycles. The van der Waals surface area contributed by atoms with Crippen molar-refractivity contribution in [2.45, 2.75) is 31.2 Å². The Kier molecular flexibility index (Phi) is 4.31. The van der Waals surface area contributed by atoms with E-state index in [9.17, 15) is 18.5 Å². The molecule has 116 valence electrons. The molecule has 0 radical (unpaired) electrons. The first-order chi connectivity index (χ1) is 9.75. The van der Waals surface area contributed by atoms with Crippen LogP contribution in [-0.4, -0.2) is 43.8 Å². The number of hydrogen-bond acceptors (Lipinski definition) is 5. The van der Waals surface area contributed by atoms with Gasteiger partial charge in [-0.15, -0.1) is 0 Å². The van der Waals surface area contributed by atoms with Crippen molar-refractivity contribution < 1.29 is 13.3 Å². The van der Waals surface area contributed by atoms with E-state index in [1.54, 1.807) is 19.9 Å². The number of nitro benzene ring substituents is 1. The summed E-state index contributed by atoms with van der Waals surface area (Å²) in [6, 6.07) is 2.60. The third-order valence-corrected chi connectivity index (χ3v) is 5.95. The Balaban J connectivity index is 2.48. The maximum Gasteiger partial charge on any atom is 0.273 e. The van der Waals surface area contributed by atoms with E-state index in [1.165, 1.54) is 17.4 Å². The minimum absolute atomic E-state index is 0.00852. The fraction of sp³-hybridized carbons (Fsp3) is 0.538. The molecule has 8 heteroatoms. The number of aryl methyl sites for hydroxylation is 2. The second-order valence-electron chi connectivity index (χ2n) is 5.33. The van der Waals surface area contributed by atoms with Gasteiger partial charge in [-0.25, -0.2) is 8.42 Å². The van der Waals surface area contributed by atoms with Gasteiger partial charge >= 0.3 is 0 Å². The second kappa shape index (κ2) is 5.70. The summed E-state index contributed by atoms with van der Waals surface area (Å²) in [5, 5.41) is 14.1. The highest BCUT2D eigenvalue weighted by Crippen LogP contribution is 2.28. The molecule has 0 bridgehead atoms. The van der Waals surface area contributed by atoms with Gasteiger partial charge in [-0.2, -0.15) is 4.31 Å². The smallest absolute Gasteiger partial charge is 0.273 e. The Bertz CT molecular complexity index is 666. The molecule has 1 aliphatic rings. The Labute approximate surface area is 124 Å². The summed E-state index contributed by atoms with van der Waals surface area (Å²) >= 11 is 0. The van der Waals surface area contributed by atoms with Crippen LogP contribution >= 0.6 is 0 Å². The highest BCUT2D eigenvalue weighted by atomic mass is 32.2. The van der Waals surface area contributed by atoms with E-state index in [4.69, 9.17) is 0 Å². The number of nitrogens with zero attached hydrogens (tertiary/aromatic N) is 2. The summed E-state index contributed by atoms with van der Waals surface area (Å²) in [7, 11) is -2.21. The van der Waals surface area contributed by atoms with Crippen molar-refractivity contribution in [3.63, 3.8) is 0 Å². The summed E-state index contributed by atoms with van der Waals surface area (Å²) in [6.45, 7) is 4.64. The fourth-order valence-electron chi connectivity index (χ4n) is 2.60. The van der Waals surface area contributed by atoms with Crippen molar-refractivity contribution in [1.29, 1.82) is 0 Å². The molecule has 7 nitrogen and oxygen atoms in total. The summed E-state index contributed by atoms with van der Waals surface area (Å²) in [6.07, 6.45) is 0.739. The molecule has 1 aliphatic heterocycles. The number of nitrogens with one attached hydrogen (secondary N) is 1. The van der Waals surface area contributed by atoms with Crippen LogP contribution in [0.4, 0.5) is 5.69 Å². The third-order valence-electron chi connectivity index (χ3n) is 3.90. The van der Waals surface area contributed by atoms with E-state index < -0.39 is 14.9 Å². The normalized spacial score (nSPS) is 19.1. The van der Waals surface area contributed by atoms with Gasteiger partial charge in [0, 0.05) is 31.3 Å². The maximum atomic E-state index is 12.7. The van der Waals surface area contributed by atoms with Crippen LogP contribution < -0.4 is 5.32 Å². The van der Waals surface area contributed by atoms with Crippen LogP contribution in [0.3, 0.4) is 0 Å². The van der Waals surface area contributed by atoms with Crippen LogP contribution in [0.1, 0.15) is 17.5 Å². The van der Waals surface area contributed by atoms with Crippen LogP contribution in [0.15, 0.2) is 17.0 Å². The van der Waals surface area contributed by atoms with Gasteiger partial charge in [0.15, 0.2) is 0 Å². The van der Waals surface area contributed by atoms with Crippen molar-refractivity contribution in [3.8, 4) is 0 Å². The molecule has 1 atom stereocenters. The van der Waals surface area contributed by atoms with Gasteiger partial charge < -0.3 is 5.32 Å². The molecule has 1 N–H and O–H groups in total. The molecular formula is C13H19N3O4S. The van der Waals surface area contributed by atoms with Crippen molar-refractivity contribution >= 4 is 15.7 Å². The molecule has 1 fully saturated rings. The largest absolute Gasteiger partial charge is 0.315 e. The quantitative estimate of drug-likeness (QED) is 0.666. The van der Waals surface area contributed by atoms with E-state index in [0.717, 1.165) is 13.0 Å². The lowest BCUT2D eigenvalue weighted by atomic mass is 10.1. The van der Waals surface area contributed by atoms with Crippen molar-refractivity contribution in [2.24, 2.45) is 0 Å². The average Bonchev–Trinajstić information content (AvgIpc) is 2.90. The van der Waals surface area contributed by atoms with Gasteiger partial charge in [-0.3, -0.25) is 10.1 Å². The molecule has 0 spiro atoms. The first kappa shape index (κ1) is 15.9. The number of likely N-dealkylation sites (N-methyl/N-ethyl adjacent to an activating group) is 1. The minimum Gasteiger partial charge on any atom is -0.315 e. The molecule has 0 aromatic heterocycles. The predicted molar refractivity (Wildman–Crippen MR) is 78.8 cm³/mol. The SMILES string of the molecule is Cc1cc(C)c(S(=O)(=O)N(C)C2CCNC2)cc1[N+](=O)[O-]. The standard InChI is InChI=1S/C13H19N3O4S/c1-9-6-10(2)13(7-12(9)16(17)18)21(19,20)15(3)11-4-5-14-8-11/h6-7,11,14H,4-5,8H2,1-3H3. The number of hydrogen-bond donors (Lipinski definition) is 1. The van der Waals surface area contributed by atoms with Gasteiger partial charge in [0.05, 0.1) is 9.82 Å². The van der Waals surface area contributed by atoms with Gasteiger partial charge in [-0.1, -0.05) is 0 Å². The molecule has 0 aliphatic carbocycles. The summed E-state index contributed by atoms with van der Waals surface area (Å²) in [5.74, 6) is 0. The molecule has 0 saturated carbocycles. The Morgan fingerprint density at radius 2 is 2.00 bits per heavy atom. The molecule has 1 aromatic carbocycles. The first-order valence-electron chi connectivity index (χ1n) is 6.69. The van der Waals surface area contributed by atoms with Gasteiger partial charge in [0.1, 0.15) is 0 Å². The Morgan fingerprint density at radius 1 is 1.33 bits per heavy atom. The molecule has 0 amide bonds. The van der Waals surface area contributed by atoms with E-state index in [1.807, 2.05) is 0 Å². The van der Waals surface area contributed by atoms with Crippen molar-refractivity contribution in [2.75, 3.05) is 20.1 Å². The molecule has 21 heavy (non-hydrogen) atoms. The van der Waals surface area contributed by atoms with E-state index in [2.05, 4.69) is 5.32 Å². The number of rotatable bonds is 4. The van der Waals surface area contributed by atoms with Gasteiger partial charge in [0.2, 0.25) is 10.0 Å². The number of sulfonamides is 1. The zero-order valence-electron chi connectivity index (χ0n) is 12.3. The molecule has 1 aromatic rings. The monoisotopic (exact) mass is 313 g/mol. The molecule has 2 rings (SSSR count).